The zero-order chi connectivity index (χ0) is 63.9. The molecule has 16 fully saturated rings. The molecule has 16 aliphatic rings. The van der Waals surface area contributed by atoms with Crippen molar-refractivity contribution >= 4 is 11.6 Å². The quantitative estimate of drug-likeness (QED) is 0.154. The molecule has 16 saturated carbocycles. The fourth-order valence-corrected chi connectivity index (χ4v) is 29.1. The summed E-state index contributed by atoms with van der Waals surface area (Å²) in [7, 11) is 1.91. The monoisotopic (exact) mass is 1660 g/mol. The van der Waals surface area contributed by atoms with Crippen LogP contribution in [0.3, 0.4) is 0 Å². The molecule has 0 aromatic rings. The van der Waals surface area contributed by atoms with Gasteiger partial charge in [-0.15, -0.1) is 0 Å². The molecule has 542 valence electrons. The summed E-state index contributed by atoms with van der Waals surface area (Å²) >= 11 is 0. The van der Waals surface area contributed by atoms with E-state index in [1.165, 1.54) is 83.5 Å². The minimum atomic E-state index is -0.333. The Bertz CT molecular complexity index is 2650. The van der Waals surface area contributed by atoms with Crippen LogP contribution in [0.4, 0.5) is 0 Å². The van der Waals surface area contributed by atoms with E-state index in [9.17, 15) is 45.2 Å². The van der Waals surface area contributed by atoms with Crippen molar-refractivity contribution in [1.82, 2.24) is 0 Å². The number of hydrogen-bond acceptors (Lipinski definition) is 14. The second kappa shape index (κ2) is 36.8. The Labute approximate surface area is 787 Å². The topological polar surface area (TPSA) is 308 Å². The normalized spacial score (nSPS) is 51.3. The average molecular weight is 1660 g/mol. The fourth-order valence-electron chi connectivity index (χ4n) is 29.1. The van der Waals surface area contributed by atoms with Gasteiger partial charge in [0.2, 0.25) is 6.04 Å². The molecule has 98 heavy (non-hydrogen) atoms. The Kier molecular flexibility index (Phi) is 35.4. The van der Waals surface area contributed by atoms with Crippen LogP contribution >= 0.6 is 0 Å². The molecule has 19 heteroatoms. The van der Waals surface area contributed by atoms with Crippen LogP contribution in [0, 0.1) is 182 Å². The molecule has 0 aliphatic heterocycles. The summed E-state index contributed by atoms with van der Waals surface area (Å²) < 4.78 is 5.86. The second-order valence-electron chi connectivity index (χ2n) is 36.7. The first kappa shape index (κ1) is 94.2. The largest absolute Gasteiger partial charge is 1.00 e. The SMILES string of the molecule is [CH2-][C@]12CC[C@@H](O)C[C@@H]1CC[C@@H]1[C@@H]2CC[C@]2(C)C(=O)CC[C@@H]12.[CH2-][C@]12CC[C@@H](O)C[C@@H]1CC[C@@H]1[C@@H]2CC[C@]2(C)[C@@H](C(=O)CO)CC[C@@H]12.[CH2-][C@]12CC[C@@H](O)C[C@@H]1CC[C@@H]1[C@@H]2CC[C@]2(C)[C@@H](OC)CC[C@@H]12.[CH2-][C@]12CC[C@@H](O)C[C@@H]1CC[C@@H]1[C@@H]2CC[C@]2(C)[C@@H]([N+](=O)[O-])CC[C@@H]12.[OH-].[OH-].[OH-].[OH-].[Rb+].[Rb+].[Rb+].[Rb+]. The summed E-state index contributed by atoms with van der Waals surface area (Å²) in [5.41, 5.74) is 1.12. The van der Waals surface area contributed by atoms with E-state index in [-0.39, 0.29) is 346 Å². The number of Topliss-reactive ketones (excluding diaryl/α,β-unsaturated/α-hetero) is 2. The molecular formula is C79H129NO14Rb4-4. The average Bonchev–Trinajstić information content (AvgIpc) is 1.39. The molecule has 0 saturated heterocycles. The van der Waals surface area contributed by atoms with E-state index in [0.29, 0.717) is 88.3 Å². The van der Waals surface area contributed by atoms with Crippen LogP contribution in [0.5, 0.6) is 0 Å². The standard InChI is InChI=1S/C21H33O3.C20H33O2.C19H30NO3.C19H29O2.4H2O.4Rb/c1-20-9-7-14(23)11-13(20)3-4-15-16-5-6-18(19(24)12-22)21(16,2)10-8-17(15)20;1-19-10-8-14(21)12-13(19)4-5-15-16-6-7-18(22-3)20(16,2)11-9-17(15)19;1-18-9-7-13(21)11-12(18)3-4-14-15-5-6-17(20(22)23)19(15,2)10-8-16(14)18;1-18-9-7-13(20)11-12(18)3-4-14-15-5-6-17(21)19(15,2)10-8-16(14)18;;;;;;;;/h13-18,22-23H,1,3-12H2,2H3;13-18,21H,1,4-12H2,2-3H3;12-17,21H,1,3-11H2,2H3;12-16,20H,1,3-11H2,2H3;4*1H2;;;;/q4*-1;;;;;4*+1/p-4/t13-,14+,15-,16-,17-,18+,20-,21-;13-,14+,15-,16-,17-,18-,19-,20-;12-,13+,14-,15-,16-,17-,18-,19-;12-,13+,14-,15-,16-,18-,19-;;;;;;;;/m0000......../s1. The van der Waals surface area contributed by atoms with E-state index in [4.69, 9.17) is 32.4 Å². The number of ether oxygens (including phenoxy) is 1. The van der Waals surface area contributed by atoms with Crippen LogP contribution in [-0.2, 0) is 14.3 Å². The molecule has 0 spiro atoms. The summed E-state index contributed by atoms with van der Waals surface area (Å²) in [6.45, 7) is 28.0. The molecule has 0 bridgehead atoms. The minimum absolute atomic E-state index is 0. The van der Waals surface area contributed by atoms with Gasteiger partial charge in [0, 0.05) is 41.6 Å². The van der Waals surface area contributed by atoms with Crippen molar-refractivity contribution < 1.29 is 299 Å². The summed E-state index contributed by atoms with van der Waals surface area (Å²) in [5, 5.41) is 61.1. The molecule has 16 aliphatic carbocycles. The minimum Gasteiger partial charge on any atom is -0.870 e. The summed E-state index contributed by atoms with van der Waals surface area (Å²) in [6.07, 6.45) is 39.8. The predicted octanol–water partition coefficient (Wildman–Crippen LogP) is 2.53. The molecule has 9 N–H and O–H groups in total. The maximum Gasteiger partial charge on any atom is 1.00 e. The zero-order valence-corrected chi connectivity index (χ0v) is 82.4. The van der Waals surface area contributed by atoms with E-state index in [0.717, 1.165) is 171 Å². The van der Waals surface area contributed by atoms with E-state index in [1.54, 1.807) is 0 Å². The van der Waals surface area contributed by atoms with Gasteiger partial charge in [-0.1, -0.05) is 152 Å². The van der Waals surface area contributed by atoms with Gasteiger partial charge in [-0.2, -0.15) is 21.7 Å². The summed E-state index contributed by atoms with van der Waals surface area (Å²) in [6, 6.07) is -0.333. The number of carbonyl (C=O) groups is 2. The molecule has 0 amide bonds. The first-order valence-electron chi connectivity index (χ1n) is 38.2. The maximum absolute atomic E-state index is 12.4. The van der Waals surface area contributed by atoms with Crippen molar-refractivity contribution in [3.05, 3.63) is 37.8 Å². The maximum atomic E-state index is 12.4. The molecule has 0 heterocycles. The molecule has 0 unspecified atom stereocenters. The number of fused-ring (bicyclic) bond motifs is 20. The van der Waals surface area contributed by atoms with Crippen molar-refractivity contribution in [3.63, 3.8) is 0 Å². The van der Waals surface area contributed by atoms with Crippen molar-refractivity contribution in [2.75, 3.05) is 13.7 Å². The number of hydrogen-bond donors (Lipinski definition) is 5. The van der Waals surface area contributed by atoms with Crippen molar-refractivity contribution in [2.24, 2.45) is 144 Å². The van der Waals surface area contributed by atoms with Gasteiger partial charge in [0.25, 0.3) is 0 Å². The first-order chi connectivity index (χ1) is 42.7. The zero-order valence-electron chi connectivity index (χ0n) is 62.8. The number of methoxy groups -OCH3 is 1. The second-order valence-corrected chi connectivity index (χ2v) is 36.7. The van der Waals surface area contributed by atoms with Crippen molar-refractivity contribution in [3.8, 4) is 0 Å². The van der Waals surface area contributed by atoms with Crippen LogP contribution in [0.2, 0.25) is 0 Å². The van der Waals surface area contributed by atoms with E-state index in [2.05, 4.69) is 27.7 Å². The Morgan fingerprint density at radius 1 is 0.439 bits per heavy atom. The number of ketones is 2. The van der Waals surface area contributed by atoms with E-state index < -0.39 is 0 Å². The third-order valence-corrected chi connectivity index (χ3v) is 34.0. The summed E-state index contributed by atoms with van der Waals surface area (Å²) in [5.74, 6) is 11.4. The predicted molar refractivity (Wildman–Crippen MR) is 360 cm³/mol. The van der Waals surface area contributed by atoms with Gasteiger partial charge in [-0.3, -0.25) is 19.7 Å². The third-order valence-electron chi connectivity index (χ3n) is 34.0. The molecule has 0 aromatic heterocycles. The Morgan fingerprint density at radius 2 is 0.776 bits per heavy atom. The van der Waals surface area contributed by atoms with Gasteiger partial charge < -0.3 is 79.9 Å². The van der Waals surface area contributed by atoms with Crippen molar-refractivity contribution in [2.45, 2.75) is 295 Å². The van der Waals surface area contributed by atoms with Crippen LogP contribution < -0.4 is 233 Å². The molecular weight excluding hydrogens is 1530 g/mol. The number of nitrogens with zero attached hydrogens (tertiary/aromatic N) is 1. The molecule has 15 nitrogen and oxygen atoms in total. The number of aliphatic hydroxyl groups excluding tert-OH is 5. The fraction of sp³-hybridized carbons (Fsp3) is 0.924. The first-order valence-corrected chi connectivity index (χ1v) is 38.2. The number of rotatable bonds is 4. The van der Waals surface area contributed by atoms with Crippen molar-refractivity contribution in [1.29, 1.82) is 0 Å². The van der Waals surface area contributed by atoms with Gasteiger partial charge in [0.05, 0.1) is 30.5 Å². The molecule has 0 radical (unpaired) electrons. The van der Waals surface area contributed by atoms with Crippen LogP contribution in [0.1, 0.15) is 259 Å². The number of nitro groups is 1. The van der Waals surface area contributed by atoms with Gasteiger partial charge in [0.1, 0.15) is 12.4 Å². The Hall–Kier alpha value is 5.56. The van der Waals surface area contributed by atoms with E-state index in [1.807, 2.05) is 7.11 Å². The Balaban J connectivity index is 0.000000230. The van der Waals surface area contributed by atoms with Gasteiger partial charge >= 0.3 is 233 Å². The number of aliphatic hydroxyl groups is 5. The van der Waals surface area contributed by atoms with Crippen LogP contribution in [0.25, 0.3) is 0 Å². The molecule has 0 aromatic carbocycles. The van der Waals surface area contributed by atoms with Gasteiger partial charge in [-0.25, -0.2) is 0 Å². The summed E-state index contributed by atoms with van der Waals surface area (Å²) in [4.78, 5) is 36.2. The van der Waals surface area contributed by atoms with Gasteiger partial charge in [-0.05, 0) is 199 Å². The molecule has 31 atom stereocenters. The molecule has 16 rings (SSSR count). The smallest absolute Gasteiger partial charge is 0.870 e. The van der Waals surface area contributed by atoms with E-state index >= 15 is 0 Å². The third kappa shape index (κ3) is 16.5. The Morgan fingerprint density at radius 3 is 1.16 bits per heavy atom. The van der Waals surface area contributed by atoms with Gasteiger partial charge in [0.15, 0.2) is 5.78 Å². The number of carbonyl (C=O) groups excluding carboxylic acids is 2. The van der Waals surface area contributed by atoms with Crippen LogP contribution in [-0.4, -0.2) is 114 Å². The van der Waals surface area contributed by atoms with Crippen LogP contribution in [0.15, 0.2) is 0 Å².